The lowest BCUT2D eigenvalue weighted by molar-refractivity contribution is -0.119. The summed E-state index contributed by atoms with van der Waals surface area (Å²) in [6.07, 6.45) is 3.39. The Hall–Kier alpha value is -4.34. The Morgan fingerprint density at radius 3 is 2.36 bits per heavy atom. The average Bonchev–Trinajstić information content (AvgIpc) is 3.52. The molecule has 4 rings (SSSR count). The van der Waals surface area contributed by atoms with E-state index in [2.05, 4.69) is 30.9 Å². The van der Waals surface area contributed by atoms with Gasteiger partial charge >= 0.3 is 0 Å². The molecule has 0 radical (unpaired) electrons. The van der Waals surface area contributed by atoms with E-state index in [0.717, 1.165) is 11.1 Å². The molecule has 10 nitrogen and oxygen atoms in total. The molecule has 0 fully saturated rings. The standard InChI is InChI=1S/C23H23N7O3/c1-15-3-5-17(6-4-15)23-29-28-21(33-23)12-11-20(31)26-18-7-9-19(10-8-18)27-22(32)16(2)30-14-24-13-25-30/h3-10,13-14,16H,11-12H2,1-2H3,(H,26,31)(H,27,32)/t16-/m1/s1. The molecule has 10 heteroatoms. The van der Waals surface area contributed by atoms with Crippen LogP contribution in [-0.4, -0.2) is 36.8 Å². The summed E-state index contributed by atoms with van der Waals surface area (Å²) in [6, 6.07) is 14.2. The van der Waals surface area contributed by atoms with E-state index < -0.39 is 6.04 Å². The number of benzene rings is 2. The molecule has 2 amide bonds. The number of nitrogens with zero attached hydrogens (tertiary/aromatic N) is 5. The van der Waals surface area contributed by atoms with Crippen LogP contribution in [0.1, 0.15) is 30.8 Å². The first-order valence-corrected chi connectivity index (χ1v) is 10.4. The van der Waals surface area contributed by atoms with Crippen molar-refractivity contribution >= 4 is 23.2 Å². The second-order valence-electron chi connectivity index (χ2n) is 7.53. The highest BCUT2D eigenvalue weighted by Gasteiger charge is 2.15. The number of carbonyl (C=O) groups is 2. The molecule has 0 unspecified atom stereocenters. The van der Waals surface area contributed by atoms with E-state index in [1.165, 1.54) is 17.3 Å². The minimum atomic E-state index is -0.497. The van der Waals surface area contributed by atoms with Crippen molar-refractivity contribution < 1.29 is 14.0 Å². The van der Waals surface area contributed by atoms with Crippen LogP contribution in [0.4, 0.5) is 11.4 Å². The predicted molar refractivity (Wildman–Crippen MR) is 121 cm³/mol. The van der Waals surface area contributed by atoms with E-state index in [9.17, 15) is 9.59 Å². The summed E-state index contributed by atoms with van der Waals surface area (Å²) >= 11 is 0. The molecule has 2 N–H and O–H groups in total. The van der Waals surface area contributed by atoms with Crippen LogP contribution in [0.15, 0.2) is 65.6 Å². The van der Waals surface area contributed by atoms with Gasteiger partial charge in [-0.1, -0.05) is 17.7 Å². The molecule has 0 saturated heterocycles. The Balaban J connectivity index is 1.26. The lowest BCUT2D eigenvalue weighted by Crippen LogP contribution is -2.24. The molecule has 4 aromatic rings. The maximum Gasteiger partial charge on any atom is 0.249 e. The number of nitrogens with one attached hydrogen (secondary N) is 2. The molecule has 0 bridgehead atoms. The van der Waals surface area contributed by atoms with Crippen LogP contribution in [0.2, 0.25) is 0 Å². The second kappa shape index (κ2) is 9.86. The van der Waals surface area contributed by atoms with Gasteiger partial charge in [0.2, 0.25) is 23.6 Å². The van der Waals surface area contributed by atoms with Crippen LogP contribution in [-0.2, 0) is 16.0 Å². The van der Waals surface area contributed by atoms with Gasteiger partial charge in [0, 0.05) is 29.8 Å². The third-order valence-electron chi connectivity index (χ3n) is 4.98. The predicted octanol–water partition coefficient (Wildman–Crippen LogP) is 3.41. The van der Waals surface area contributed by atoms with Gasteiger partial charge in [-0.3, -0.25) is 9.59 Å². The number of carbonyl (C=O) groups excluding carboxylic acids is 2. The number of anilines is 2. The molecule has 0 aliphatic heterocycles. The largest absolute Gasteiger partial charge is 0.421 e. The number of amides is 2. The first-order valence-electron chi connectivity index (χ1n) is 10.4. The molecule has 0 aliphatic carbocycles. The quantitative estimate of drug-likeness (QED) is 0.425. The molecule has 0 spiro atoms. The molecule has 1 atom stereocenters. The van der Waals surface area contributed by atoms with Crippen LogP contribution in [0.3, 0.4) is 0 Å². The zero-order valence-electron chi connectivity index (χ0n) is 18.2. The lowest BCUT2D eigenvalue weighted by atomic mass is 10.1. The minimum Gasteiger partial charge on any atom is -0.421 e. The van der Waals surface area contributed by atoms with Crippen LogP contribution < -0.4 is 10.6 Å². The Labute approximate surface area is 190 Å². The Morgan fingerprint density at radius 2 is 1.70 bits per heavy atom. The normalized spacial score (nSPS) is 11.7. The number of rotatable bonds is 8. The van der Waals surface area contributed by atoms with Gasteiger partial charge in [0.1, 0.15) is 18.7 Å². The minimum absolute atomic E-state index is 0.179. The number of hydrogen-bond acceptors (Lipinski definition) is 7. The zero-order valence-corrected chi connectivity index (χ0v) is 18.2. The third kappa shape index (κ3) is 5.67. The van der Waals surface area contributed by atoms with E-state index in [1.54, 1.807) is 31.2 Å². The highest BCUT2D eigenvalue weighted by Crippen LogP contribution is 2.19. The molecule has 2 aromatic heterocycles. The van der Waals surface area contributed by atoms with Gasteiger partial charge in [0.25, 0.3) is 0 Å². The van der Waals surface area contributed by atoms with Crippen LogP contribution in [0.5, 0.6) is 0 Å². The average molecular weight is 445 g/mol. The number of aromatic nitrogens is 5. The molecule has 33 heavy (non-hydrogen) atoms. The van der Waals surface area contributed by atoms with Gasteiger partial charge in [-0.15, -0.1) is 10.2 Å². The summed E-state index contributed by atoms with van der Waals surface area (Å²) in [4.78, 5) is 28.5. The Morgan fingerprint density at radius 1 is 1.00 bits per heavy atom. The highest BCUT2D eigenvalue weighted by atomic mass is 16.4. The highest BCUT2D eigenvalue weighted by molar-refractivity contribution is 5.94. The maximum absolute atomic E-state index is 12.3. The maximum atomic E-state index is 12.3. The molecular weight excluding hydrogens is 422 g/mol. The SMILES string of the molecule is Cc1ccc(-c2nnc(CCC(=O)Nc3ccc(NC(=O)[C@@H](C)n4cncn4)cc3)o2)cc1. The topological polar surface area (TPSA) is 128 Å². The second-order valence-corrected chi connectivity index (χ2v) is 7.53. The fourth-order valence-corrected chi connectivity index (χ4v) is 3.03. The first kappa shape index (κ1) is 21.9. The van der Waals surface area contributed by atoms with Crippen molar-refractivity contribution in [3.63, 3.8) is 0 Å². The summed E-state index contributed by atoms with van der Waals surface area (Å²) in [7, 11) is 0. The Bertz CT molecular complexity index is 1220. The van der Waals surface area contributed by atoms with Crippen molar-refractivity contribution in [1.29, 1.82) is 0 Å². The number of aryl methyl sites for hydroxylation is 2. The van der Waals surface area contributed by atoms with Crippen molar-refractivity contribution in [3.8, 4) is 11.5 Å². The van der Waals surface area contributed by atoms with E-state index >= 15 is 0 Å². The molecule has 168 valence electrons. The molecule has 0 saturated carbocycles. The molecule has 2 heterocycles. The van der Waals surface area contributed by atoms with Gasteiger partial charge in [-0.25, -0.2) is 9.67 Å². The summed E-state index contributed by atoms with van der Waals surface area (Å²) in [5.74, 6) is 0.435. The first-order chi connectivity index (χ1) is 16.0. The van der Waals surface area contributed by atoms with Crippen molar-refractivity contribution in [1.82, 2.24) is 25.0 Å². The fraction of sp³-hybridized carbons (Fsp3) is 0.217. The van der Waals surface area contributed by atoms with E-state index in [4.69, 9.17) is 4.42 Å². The lowest BCUT2D eigenvalue weighted by Gasteiger charge is -2.12. The van der Waals surface area contributed by atoms with E-state index in [0.29, 0.717) is 29.6 Å². The zero-order chi connectivity index (χ0) is 23.2. The van der Waals surface area contributed by atoms with Crippen molar-refractivity contribution in [2.75, 3.05) is 10.6 Å². The monoisotopic (exact) mass is 445 g/mol. The van der Waals surface area contributed by atoms with E-state index in [-0.39, 0.29) is 18.2 Å². The van der Waals surface area contributed by atoms with E-state index in [1.807, 2.05) is 31.2 Å². The summed E-state index contributed by atoms with van der Waals surface area (Å²) in [5, 5.41) is 17.7. The molecular formula is C23H23N7O3. The van der Waals surface area contributed by atoms with Crippen LogP contribution in [0.25, 0.3) is 11.5 Å². The van der Waals surface area contributed by atoms with Gasteiger partial charge in [-0.05, 0) is 50.2 Å². The summed E-state index contributed by atoms with van der Waals surface area (Å²) in [5.41, 5.74) is 3.21. The van der Waals surface area contributed by atoms with Crippen LogP contribution in [0, 0.1) is 6.92 Å². The van der Waals surface area contributed by atoms with Gasteiger partial charge < -0.3 is 15.1 Å². The van der Waals surface area contributed by atoms with Gasteiger partial charge in [0.15, 0.2) is 0 Å². The fourth-order valence-electron chi connectivity index (χ4n) is 3.03. The van der Waals surface area contributed by atoms with Gasteiger partial charge in [-0.2, -0.15) is 5.10 Å². The van der Waals surface area contributed by atoms with Gasteiger partial charge in [0.05, 0.1) is 0 Å². The summed E-state index contributed by atoms with van der Waals surface area (Å²) in [6.45, 7) is 3.73. The van der Waals surface area contributed by atoms with Crippen LogP contribution >= 0.6 is 0 Å². The third-order valence-corrected chi connectivity index (χ3v) is 4.98. The smallest absolute Gasteiger partial charge is 0.249 e. The Kier molecular flexibility index (Phi) is 6.53. The molecule has 0 aliphatic rings. The van der Waals surface area contributed by atoms with Crippen molar-refractivity contribution in [3.05, 3.63) is 72.6 Å². The van der Waals surface area contributed by atoms with Crippen molar-refractivity contribution in [2.45, 2.75) is 32.7 Å². The number of hydrogen-bond donors (Lipinski definition) is 2. The summed E-state index contributed by atoms with van der Waals surface area (Å²) < 4.78 is 7.13. The molecule has 2 aromatic carbocycles. The van der Waals surface area contributed by atoms with Crippen molar-refractivity contribution in [2.24, 2.45) is 0 Å².